The molecule has 0 bridgehead atoms. The molecule has 4 nitrogen and oxygen atoms in total. The third-order valence-corrected chi connectivity index (χ3v) is 4.43. The SMILES string of the molecule is COc1ccc(NC(=S)N2CCc3ccccc3C2)c(OC)c1. The van der Waals surface area contributed by atoms with Crippen LogP contribution in [0.15, 0.2) is 42.5 Å². The Hall–Kier alpha value is -2.27. The Kier molecular flexibility index (Phi) is 4.67. The van der Waals surface area contributed by atoms with E-state index in [1.54, 1.807) is 14.2 Å². The molecular weight excluding hydrogens is 308 g/mol. The largest absolute Gasteiger partial charge is 0.497 e. The fourth-order valence-electron chi connectivity index (χ4n) is 2.77. The number of ether oxygens (including phenoxy) is 2. The van der Waals surface area contributed by atoms with E-state index in [2.05, 4.69) is 34.5 Å². The molecule has 0 saturated heterocycles. The van der Waals surface area contributed by atoms with E-state index in [9.17, 15) is 0 Å². The summed E-state index contributed by atoms with van der Waals surface area (Å²) in [7, 11) is 3.28. The molecule has 0 amide bonds. The third kappa shape index (κ3) is 3.40. The summed E-state index contributed by atoms with van der Waals surface area (Å²) in [5, 5.41) is 4.00. The van der Waals surface area contributed by atoms with Crippen LogP contribution in [-0.4, -0.2) is 30.8 Å². The maximum absolute atomic E-state index is 5.58. The zero-order valence-electron chi connectivity index (χ0n) is 13.3. The van der Waals surface area contributed by atoms with E-state index in [1.807, 2.05) is 18.2 Å². The maximum atomic E-state index is 5.58. The van der Waals surface area contributed by atoms with E-state index in [0.717, 1.165) is 30.9 Å². The molecule has 120 valence electrons. The Balaban J connectivity index is 1.73. The minimum absolute atomic E-state index is 0.711. The quantitative estimate of drug-likeness (QED) is 0.873. The number of methoxy groups -OCH3 is 2. The summed E-state index contributed by atoms with van der Waals surface area (Å²) in [6, 6.07) is 14.2. The van der Waals surface area contributed by atoms with Gasteiger partial charge in [-0.15, -0.1) is 0 Å². The molecule has 0 atom stereocenters. The van der Waals surface area contributed by atoms with Crippen molar-refractivity contribution in [3.8, 4) is 11.5 Å². The van der Waals surface area contributed by atoms with Gasteiger partial charge in [-0.2, -0.15) is 0 Å². The molecule has 0 fully saturated rings. The minimum Gasteiger partial charge on any atom is -0.497 e. The lowest BCUT2D eigenvalue weighted by molar-refractivity contribution is 0.393. The van der Waals surface area contributed by atoms with Crippen LogP contribution in [0.1, 0.15) is 11.1 Å². The Morgan fingerprint density at radius 1 is 1.09 bits per heavy atom. The van der Waals surface area contributed by atoms with Gasteiger partial charge < -0.3 is 19.7 Å². The van der Waals surface area contributed by atoms with Crippen LogP contribution in [0.3, 0.4) is 0 Å². The number of fused-ring (bicyclic) bond motifs is 1. The van der Waals surface area contributed by atoms with Gasteiger partial charge in [0, 0.05) is 19.2 Å². The lowest BCUT2D eigenvalue weighted by Gasteiger charge is -2.31. The molecule has 5 heteroatoms. The molecule has 0 radical (unpaired) electrons. The van der Waals surface area contributed by atoms with Crippen LogP contribution >= 0.6 is 12.2 Å². The normalized spacial score (nSPS) is 13.2. The number of thiocarbonyl (C=S) groups is 1. The van der Waals surface area contributed by atoms with Gasteiger partial charge in [-0.05, 0) is 41.9 Å². The Labute approximate surface area is 142 Å². The van der Waals surface area contributed by atoms with Crippen LogP contribution in [0.5, 0.6) is 11.5 Å². The van der Waals surface area contributed by atoms with Crippen molar-refractivity contribution in [2.45, 2.75) is 13.0 Å². The van der Waals surface area contributed by atoms with Crippen molar-refractivity contribution < 1.29 is 9.47 Å². The first-order valence-corrected chi connectivity index (χ1v) is 7.97. The summed E-state index contributed by atoms with van der Waals surface area (Å²) < 4.78 is 10.6. The molecule has 0 spiro atoms. The molecule has 1 N–H and O–H groups in total. The second kappa shape index (κ2) is 6.87. The van der Waals surface area contributed by atoms with Gasteiger partial charge >= 0.3 is 0 Å². The topological polar surface area (TPSA) is 33.7 Å². The van der Waals surface area contributed by atoms with E-state index in [-0.39, 0.29) is 0 Å². The molecule has 23 heavy (non-hydrogen) atoms. The minimum atomic E-state index is 0.711. The van der Waals surface area contributed by atoms with Crippen molar-refractivity contribution in [3.63, 3.8) is 0 Å². The van der Waals surface area contributed by atoms with Crippen LogP contribution in [-0.2, 0) is 13.0 Å². The highest BCUT2D eigenvalue weighted by molar-refractivity contribution is 7.80. The number of nitrogens with one attached hydrogen (secondary N) is 1. The average Bonchev–Trinajstić information content (AvgIpc) is 2.61. The first-order valence-electron chi connectivity index (χ1n) is 7.56. The summed E-state index contributed by atoms with van der Waals surface area (Å²) in [4.78, 5) is 2.18. The fourth-order valence-corrected chi connectivity index (χ4v) is 3.03. The number of benzene rings is 2. The van der Waals surface area contributed by atoms with Gasteiger partial charge in [-0.1, -0.05) is 24.3 Å². The number of nitrogens with zero attached hydrogens (tertiary/aromatic N) is 1. The fraction of sp³-hybridized carbons (Fsp3) is 0.278. The molecule has 0 saturated carbocycles. The zero-order chi connectivity index (χ0) is 16.2. The van der Waals surface area contributed by atoms with E-state index >= 15 is 0 Å². The van der Waals surface area contributed by atoms with Crippen molar-refractivity contribution >= 4 is 23.0 Å². The molecule has 0 aromatic heterocycles. The monoisotopic (exact) mass is 328 g/mol. The second-order valence-electron chi connectivity index (χ2n) is 5.44. The first kappa shape index (κ1) is 15.6. The van der Waals surface area contributed by atoms with Crippen LogP contribution in [0.4, 0.5) is 5.69 Å². The number of anilines is 1. The van der Waals surface area contributed by atoms with Crippen molar-refractivity contribution in [2.75, 3.05) is 26.1 Å². The van der Waals surface area contributed by atoms with Gasteiger partial charge in [0.05, 0.1) is 19.9 Å². The highest BCUT2D eigenvalue weighted by Gasteiger charge is 2.18. The zero-order valence-corrected chi connectivity index (χ0v) is 14.2. The van der Waals surface area contributed by atoms with Crippen molar-refractivity contribution in [1.82, 2.24) is 4.90 Å². The molecule has 2 aromatic rings. The van der Waals surface area contributed by atoms with Gasteiger partial charge in [0.25, 0.3) is 0 Å². The maximum Gasteiger partial charge on any atom is 0.173 e. The molecule has 1 heterocycles. The van der Waals surface area contributed by atoms with Crippen LogP contribution < -0.4 is 14.8 Å². The second-order valence-corrected chi connectivity index (χ2v) is 5.82. The summed E-state index contributed by atoms with van der Waals surface area (Å²) in [5.41, 5.74) is 3.59. The number of rotatable bonds is 3. The average molecular weight is 328 g/mol. The Bertz CT molecular complexity index is 718. The van der Waals surface area contributed by atoms with Gasteiger partial charge in [0.2, 0.25) is 0 Å². The highest BCUT2D eigenvalue weighted by atomic mass is 32.1. The molecule has 2 aromatic carbocycles. The summed E-state index contributed by atoms with van der Waals surface area (Å²) >= 11 is 5.58. The van der Waals surface area contributed by atoms with Crippen LogP contribution in [0.2, 0.25) is 0 Å². The van der Waals surface area contributed by atoms with Gasteiger partial charge in [0.15, 0.2) is 5.11 Å². The number of hydrogen-bond acceptors (Lipinski definition) is 3. The molecule has 0 aliphatic carbocycles. The molecule has 1 aliphatic rings. The predicted molar refractivity (Wildman–Crippen MR) is 96.3 cm³/mol. The van der Waals surface area contributed by atoms with E-state index < -0.39 is 0 Å². The van der Waals surface area contributed by atoms with Crippen LogP contribution in [0.25, 0.3) is 0 Å². The lowest BCUT2D eigenvalue weighted by Crippen LogP contribution is -2.38. The van der Waals surface area contributed by atoms with Gasteiger partial charge in [-0.25, -0.2) is 0 Å². The summed E-state index contributed by atoms with van der Waals surface area (Å²) in [6.45, 7) is 1.75. The van der Waals surface area contributed by atoms with Crippen molar-refractivity contribution in [3.05, 3.63) is 53.6 Å². The third-order valence-electron chi connectivity index (χ3n) is 4.07. The molecule has 1 aliphatic heterocycles. The number of hydrogen-bond donors (Lipinski definition) is 1. The Morgan fingerprint density at radius 2 is 1.87 bits per heavy atom. The predicted octanol–water partition coefficient (Wildman–Crippen LogP) is 3.46. The summed E-state index contributed by atoms with van der Waals surface area (Å²) in [6.07, 6.45) is 1.01. The van der Waals surface area contributed by atoms with Crippen molar-refractivity contribution in [2.24, 2.45) is 0 Å². The molecule has 0 unspecified atom stereocenters. The molecular formula is C18H20N2O2S. The standard InChI is InChI=1S/C18H20N2O2S/c1-21-15-7-8-16(17(11-15)22-2)19-18(23)20-10-9-13-5-3-4-6-14(13)12-20/h3-8,11H,9-10,12H2,1-2H3,(H,19,23). The Morgan fingerprint density at radius 3 is 2.61 bits per heavy atom. The summed E-state index contributed by atoms with van der Waals surface area (Å²) in [5.74, 6) is 1.47. The smallest absolute Gasteiger partial charge is 0.173 e. The van der Waals surface area contributed by atoms with E-state index in [4.69, 9.17) is 21.7 Å². The van der Waals surface area contributed by atoms with Crippen LogP contribution in [0, 0.1) is 0 Å². The molecule has 3 rings (SSSR count). The van der Waals surface area contributed by atoms with Crippen molar-refractivity contribution in [1.29, 1.82) is 0 Å². The van der Waals surface area contributed by atoms with E-state index in [1.165, 1.54) is 11.1 Å². The highest BCUT2D eigenvalue weighted by Crippen LogP contribution is 2.29. The van der Waals surface area contributed by atoms with Gasteiger partial charge in [-0.3, -0.25) is 0 Å². The van der Waals surface area contributed by atoms with Gasteiger partial charge in [0.1, 0.15) is 11.5 Å². The van der Waals surface area contributed by atoms with E-state index in [0.29, 0.717) is 10.9 Å². The first-order chi connectivity index (χ1) is 11.2. The lowest BCUT2D eigenvalue weighted by atomic mass is 10.0.